The molecule has 0 bridgehead atoms. The van der Waals surface area contributed by atoms with Crippen LogP contribution < -0.4 is 4.90 Å². The fourth-order valence-electron chi connectivity index (χ4n) is 1.94. The number of hydrogen-bond donors (Lipinski definition) is 0. The van der Waals surface area contributed by atoms with Crippen molar-refractivity contribution < 1.29 is 0 Å². The van der Waals surface area contributed by atoms with Gasteiger partial charge < -0.3 is 4.90 Å². The van der Waals surface area contributed by atoms with Crippen molar-refractivity contribution in [3.63, 3.8) is 0 Å². The van der Waals surface area contributed by atoms with Crippen LogP contribution >= 0.6 is 11.6 Å². The van der Waals surface area contributed by atoms with E-state index in [2.05, 4.69) is 24.9 Å². The van der Waals surface area contributed by atoms with Crippen LogP contribution in [0.2, 0.25) is 5.02 Å². The third-order valence-corrected chi connectivity index (χ3v) is 3.61. The Morgan fingerprint density at radius 1 is 1.56 bits per heavy atom. The Kier molecular flexibility index (Phi) is 3.07. The summed E-state index contributed by atoms with van der Waals surface area (Å²) < 4.78 is 0. The fourth-order valence-corrected chi connectivity index (χ4v) is 2.16. The molecule has 0 spiro atoms. The minimum atomic E-state index is 0.538. The molecule has 0 aromatic heterocycles. The summed E-state index contributed by atoms with van der Waals surface area (Å²) in [5, 5.41) is 9.33. The molecule has 2 unspecified atom stereocenters. The van der Waals surface area contributed by atoms with Gasteiger partial charge in [0.05, 0.1) is 10.6 Å². The lowest BCUT2D eigenvalue weighted by Gasteiger charge is -2.19. The standard InChI is InChI=1S/C13H15ClN2/c1-9-5-11(9)8-16(2)12-4-3-10(7-15)13(14)6-12/h3-4,6,9,11H,5,8H2,1-2H3. The van der Waals surface area contributed by atoms with Crippen molar-refractivity contribution in [3.8, 4) is 6.07 Å². The third-order valence-electron chi connectivity index (χ3n) is 3.30. The highest BCUT2D eigenvalue weighted by molar-refractivity contribution is 6.32. The smallest absolute Gasteiger partial charge is 0.101 e. The van der Waals surface area contributed by atoms with Crippen LogP contribution in [0.25, 0.3) is 0 Å². The molecule has 1 aromatic rings. The van der Waals surface area contributed by atoms with Crippen LogP contribution in [0.5, 0.6) is 0 Å². The van der Waals surface area contributed by atoms with Gasteiger partial charge in [-0.15, -0.1) is 0 Å². The quantitative estimate of drug-likeness (QED) is 0.803. The van der Waals surface area contributed by atoms with Gasteiger partial charge in [-0.1, -0.05) is 18.5 Å². The van der Waals surface area contributed by atoms with Crippen LogP contribution in [-0.4, -0.2) is 13.6 Å². The SMILES string of the molecule is CC1CC1CN(C)c1ccc(C#N)c(Cl)c1. The molecule has 1 fully saturated rings. The Bertz CT molecular complexity index is 436. The molecule has 1 aliphatic carbocycles. The molecule has 2 rings (SSSR count). The van der Waals surface area contributed by atoms with E-state index in [0.717, 1.165) is 24.1 Å². The van der Waals surface area contributed by atoms with Crippen molar-refractivity contribution in [1.82, 2.24) is 0 Å². The molecule has 0 amide bonds. The van der Waals surface area contributed by atoms with Gasteiger partial charge in [-0.2, -0.15) is 5.26 Å². The summed E-state index contributed by atoms with van der Waals surface area (Å²) in [7, 11) is 2.07. The average molecular weight is 235 g/mol. The van der Waals surface area contributed by atoms with Gasteiger partial charge >= 0.3 is 0 Å². The van der Waals surface area contributed by atoms with E-state index in [1.165, 1.54) is 6.42 Å². The third kappa shape index (κ3) is 2.31. The highest BCUT2D eigenvalue weighted by Crippen LogP contribution is 2.38. The van der Waals surface area contributed by atoms with Crippen molar-refractivity contribution in [2.75, 3.05) is 18.5 Å². The average Bonchev–Trinajstić information content (AvgIpc) is 2.94. The van der Waals surface area contributed by atoms with Crippen LogP contribution in [0.3, 0.4) is 0 Å². The molecule has 2 atom stereocenters. The van der Waals surface area contributed by atoms with E-state index >= 15 is 0 Å². The summed E-state index contributed by atoms with van der Waals surface area (Å²) >= 11 is 6.01. The zero-order valence-electron chi connectivity index (χ0n) is 9.57. The van der Waals surface area contributed by atoms with Crippen LogP contribution in [0.15, 0.2) is 18.2 Å². The maximum absolute atomic E-state index is 8.79. The highest BCUT2D eigenvalue weighted by Gasteiger charge is 2.33. The number of anilines is 1. The van der Waals surface area contributed by atoms with E-state index in [-0.39, 0.29) is 0 Å². The molecule has 1 aliphatic rings. The van der Waals surface area contributed by atoms with Gasteiger partial charge in [0.2, 0.25) is 0 Å². The van der Waals surface area contributed by atoms with Gasteiger partial charge in [0.15, 0.2) is 0 Å². The van der Waals surface area contributed by atoms with Gasteiger partial charge in [-0.3, -0.25) is 0 Å². The first kappa shape index (κ1) is 11.3. The molecule has 1 aromatic carbocycles. The zero-order chi connectivity index (χ0) is 11.7. The van der Waals surface area contributed by atoms with Crippen molar-refractivity contribution in [3.05, 3.63) is 28.8 Å². The summed E-state index contributed by atoms with van der Waals surface area (Å²) in [6.07, 6.45) is 1.33. The Morgan fingerprint density at radius 2 is 2.25 bits per heavy atom. The maximum atomic E-state index is 8.79. The number of rotatable bonds is 3. The first-order valence-electron chi connectivity index (χ1n) is 5.52. The summed E-state index contributed by atoms with van der Waals surface area (Å²) in [4.78, 5) is 2.21. The van der Waals surface area contributed by atoms with Gasteiger partial charge in [0, 0.05) is 19.3 Å². The second-order valence-corrected chi connectivity index (χ2v) is 5.04. The van der Waals surface area contributed by atoms with Crippen molar-refractivity contribution in [1.29, 1.82) is 5.26 Å². The number of nitriles is 1. The lowest BCUT2D eigenvalue weighted by Crippen LogP contribution is -2.20. The van der Waals surface area contributed by atoms with Crippen LogP contribution in [0, 0.1) is 23.2 Å². The van der Waals surface area contributed by atoms with Crippen molar-refractivity contribution >= 4 is 17.3 Å². The molecule has 0 heterocycles. The fraction of sp³-hybridized carbons (Fsp3) is 0.462. The molecule has 3 heteroatoms. The van der Waals surface area contributed by atoms with Gasteiger partial charge in [-0.25, -0.2) is 0 Å². The van der Waals surface area contributed by atoms with E-state index in [1.54, 1.807) is 6.07 Å². The first-order chi connectivity index (χ1) is 7.61. The second-order valence-electron chi connectivity index (χ2n) is 4.63. The monoisotopic (exact) mass is 234 g/mol. The molecule has 16 heavy (non-hydrogen) atoms. The molecule has 0 aliphatic heterocycles. The summed E-state index contributed by atoms with van der Waals surface area (Å²) in [5.74, 6) is 1.68. The topological polar surface area (TPSA) is 27.0 Å². The number of halogens is 1. The minimum Gasteiger partial charge on any atom is -0.374 e. The van der Waals surface area contributed by atoms with E-state index in [1.807, 2.05) is 12.1 Å². The van der Waals surface area contributed by atoms with Crippen molar-refractivity contribution in [2.45, 2.75) is 13.3 Å². The van der Waals surface area contributed by atoms with Crippen LogP contribution in [0.1, 0.15) is 18.9 Å². The molecule has 0 N–H and O–H groups in total. The second kappa shape index (κ2) is 4.35. The minimum absolute atomic E-state index is 0.538. The van der Waals surface area contributed by atoms with Gasteiger partial charge in [-0.05, 0) is 36.5 Å². The van der Waals surface area contributed by atoms with Gasteiger partial charge in [0.1, 0.15) is 6.07 Å². The number of nitrogens with zero attached hydrogens (tertiary/aromatic N) is 2. The van der Waals surface area contributed by atoms with E-state index in [4.69, 9.17) is 16.9 Å². The number of benzene rings is 1. The normalized spacial score (nSPS) is 22.6. The summed E-state index contributed by atoms with van der Waals surface area (Å²) in [5.41, 5.74) is 1.63. The Balaban J connectivity index is 2.09. The summed E-state index contributed by atoms with van der Waals surface area (Å²) in [6.45, 7) is 3.35. The lowest BCUT2D eigenvalue weighted by atomic mass is 10.2. The molecular weight excluding hydrogens is 220 g/mol. The Labute approximate surface area is 101 Å². The Hall–Kier alpha value is -1.20. The maximum Gasteiger partial charge on any atom is 0.101 e. The Morgan fingerprint density at radius 3 is 2.75 bits per heavy atom. The molecule has 1 saturated carbocycles. The highest BCUT2D eigenvalue weighted by atomic mass is 35.5. The van der Waals surface area contributed by atoms with Gasteiger partial charge in [0.25, 0.3) is 0 Å². The molecule has 84 valence electrons. The predicted molar refractivity (Wildman–Crippen MR) is 66.7 cm³/mol. The molecule has 0 saturated heterocycles. The van der Waals surface area contributed by atoms with Crippen molar-refractivity contribution in [2.24, 2.45) is 11.8 Å². The molecule has 2 nitrogen and oxygen atoms in total. The summed E-state index contributed by atoms with van der Waals surface area (Å²) in [6, 6.07) is 7.68. The van der Waals surface area contributed by atoms with E-state index < -0.39 is 0 Å². The number of hydrogen-bond acceptors (Lipinski definition) is 2. The van der Waals surface area contributed by atoms with Crippen LogP contribution in [0.4, 0.5) is 5.69 Å². The lowest BCUT2D eigenvalue weighted by molar-refractivity contribution is 0.725. The van der Waals surface area contributed by atoms with E-state index in [9.17, 15) is 0 Å². The zero-order valence-corrected chi connectivity index (χ0v) is 10.3. The van der Waals surface area contributed by atoms with Crippen LogP contribution in [-0.2, 0) is 0 Å². The molecule has 0 radical (unpaired) electrons. The van der Waals surface area contributed by atoms with E-state index in [0.29, 0.717) is 10.6 Å². The largest absolute Gasteiger partial charge is 0.374 e. The predicted octanol–water partition coefficient (Wildman–Crippen LogP) is 3.30. The molecular formula is C13H15ClN2. The first-order valence-corrected chi connectivity index (χ1v) is 5.90.